The van der Waals surface area contributed by atoms with Crippen molar-refractivity contribution in [2.75, 3.05) is 31.1 Å². The van der Waals surface area contributed by atoms with Crippen LogP contribution in [0.15, 0.2) is 18.3 Å². The van der Waals surface area contributed by atoms with E-state index in [1.165, 1.54) is 30.4 Å². The Morgan fingerprint density at radius 1 is 1.23 bits per heavy atom. The number of anilines is 1. The predicted octanol–water partition coefficient (Wildman–Crippen LogP) is 2.27. The van der Waals surface area contributed by atoms with E-state index in [9.17, 15) is 4.39 Å². The maximum atomic E-state index is 13.7. The zero-order valence-corrected chi connectivity index (χ0v) is 13.1. The second-order valence-corrected chi connectivity index (χ2v) is 6.63. The molecule has 2 aromatic rings. The number of pyridine rings is 1. The zero-order chi connectivity index (χ0) is 14.9. The van der Waals surface area contributed by atoms with Crippen LogP contribution >= 0.6 is 11.5 Å². The molecule has 1 saturated heterocycles. The summed E-state index contributed by atoms with van der Waals surface area (Å²) in [5, 5.41) is 1.03. The number of rotatable bonds is 4. The molecule has 4 rings (SSSR count). The van der Waals surface area contributed by atoms with E-state index in [2.05, 4.69) is 24.1 Å². The summed E-state index contributed by atoms with van der Waals surface area (Å²) in [6, 6.07) is 3.10. The van der Waals surface area contributed by atoms with Crippen LogP contribution < -0.4 is 4.90 Å². The highest BCUT2D eigenvalue weighted by molar-refractivity contribution is 7.09. The molecule has 2 fully saturated rings. The van der Waals surface area contributed by atoms with Crippen molar-refractivity contribution in [3.05, 3.63) is 35.7 Å². The standard InChI is InChI=1S/C15H18FN5S/c16-12-2-1-5-17-13(12)10-20-6-8-21(9-7-20)15-18-14(19-22-15)11-3-4-11/h1-2,5,11H,3-4,6-10H2. The average molecular weight is 319 g/mol. The topological polar surface area (TPSA) is 45.2 Å². The summed E-state index contributed by atoms with van der Waals surface area (Å²) in [6.07, 6.45) is 4.12. The smallest absolute Gasteiger partial charge is 0.205 e. The third-order valence-corrected chi connectivity index (χ3v) is 5.02. The highest BCUT2D eigenvalue weighted by Gasteiger charge is 2.29. The van der Waals surface area contributed by atoms with Gasteiger partial charge in [-0.1, -0.05) is 0 Å². The van der Waals surface area contributed by atoms with Gasteiger partial charge in [0.05, 0.1) is 5.69 Å². The van der Waals surface area contributed by atoms with E-state index in [4.69, 9.17) is 0 Å². The molecule has 1 aliphatic carbocycles. The molecule has 0 aromatic carbocycles. The molecule has 0 unspecified atom stereocenters. The third kappa shape index (κ3) is 2.96. The number of halogens is 1. The third-order valence-electron chi connectivity index (χ3n) is 4.22. The second kappa shape index (κ2) is 5.89. The summed E-state index contributed by atoms with van der Waals surface area (Å²) in [5.74, 6) is 1.42. The van der Waals surface area contributed by atoms with Gasteiger partial charge in [0.1, 0.15) is 11.6 Å². The van der Waals surface area contributed by atoms with Gasteiger partial charge in [-0.05, 0) is 25.0 Å². The summed E-state index contributed by atoms with van der Waals surface area (Å²) in [6.45, 7) is 4.19. The molecule has 0 bridgehead atoms. The Labute approximate surface area is 133 Å². The first-order valence-corrected chi connectivity index (χ1v) is 8.47. The zero-order valence-electron chi connectivity index (χ0n) is 12.3. The SMILES string of the molecule is Fc1cccnc1CN1CCN(c2nc(C3CC3)ns2)CC1. The number of aromatic nitrogens is 3. The quantitative estimate of drug-likeness (QED) is 0.865. The lowest BCUT2D eigenvalue weighted by Gasteiger charge is -2.34. The van der Waals surface area contributed by atoms with Gasteiger partial charge in [-0.25, -0.2) is 9.37 Å². The summed E-state index contributed by atoms with van der Waals surface area (Å²) < 4.78 is 18.1. The molecule has 0 N–H and O–H groups in total. The molecule has 1 aliphatic heterocycles. The first-order chi connectivity index (χ1) is 10.8. The van der Waals surface area contributed by atoms with Crippen molar-refractivity contribution < 1.29 is 4.39 Å². The van der Waals surface area contributed by atoms with Gasteiger partial charge in [-0.15, -0.1) is 0 Å². The largest absolute Gasteiger partial charge is 0.344 e. The van der Waals surface area contributed by atoms with Gasteiger partial charge in [0.15, 0.2) is 0 Å². The lowest BCUT2D eigenvalue weighted by Crippen LogP contribution is -2.46. The van der Waals surface area contributed by atoms with Crippen molar-refractivity contribution in [2.24, 2.45) is 0 Å². The molecule has 7 heteroatoms. The van der Waals surface area contributed by atoms with E-state index >= 15 is 0 Å². The first kappa shape index (κ1) is 14.0. The molecule has 0 atom stereocenters. The van der Waals surface area contributed by atoms with Crippen LogP contribution in [0.5, 0.6) is 0 Å². The molecule has 0 radical (unpaired) electrons. The molecular weight excluding hydrogens is 301 g/mol. The molecule has 3 heterocycles. The predicted molar refractivity (Wildman–Crippen MR) is 83.6 cm³/mol. The highest BCUT2D eigenvalue weighted by Crippen LogP contribution is 2.39. The second-order valence-electron chi connectivity index (χ2n) is 5.90. The van der Waals surface area contributed by atoms with Crippen molar-refractivity contribution in [2.45, 2.75) is 25.3 Å². The van der Waals surface area contributed by atoms with Crippen LogP contribution in [0.1, 0.15) is 30.3 Å². The van der Waals surface area contributed by atoms with Crippen LogP contribution in [0.25, 0.3) is 0 Å². The van der Waals surface area contributed by atoms with E-state index in [1.807, 2.05) is 0 Å². The molecule has 5 nitrogen and oxygen atoms in total. The average Bonchev–Trinajstić information content (AvgIpc) is 3.28. The van der Waals surface area contributed by atoms with Gasteiger partial charge in [0.2, 0.25) is 5.13 Å². The monoisotopic (exact) mass is 319 g/mol. The minimum Gasteiger partial charge on any atom is -0.344 e. The van der Waals surface area contributed by atoms with Crippen LogP contribution in [-0.4, -0.2) is 45.4 Å². The Morgan fingerprint density at radius 2 is 2.05 bits per heavy atom. The Morgan fingerprint density at radius 3 is 2.77 bits per heavy atom. The summed E-state index contributed by atoms with van der Waals surface area (Å²) in [4.78, 5) is 13.3. The number of hydrogen-bond acceptors (Lipinski definition) is 6. The van der Waals surface area contributed by atoms with Crippen LogP contribution in [0.2, 0.25) is 0 Å². The van der Waals surface area contributed by atoms with Crippen molar-refractivity contribution in [3.8, 4) is 0 Å². The van der Waals surface area contributed by atoms with Crippen molar-refractivity contribution in [1.29, 1.82) is 0 Å². The summed E-state index contributed by atoms with van der Waals surface area (Å²) >= 11 is 1.51. The Bertz CT molecular complexity index is 649. The van der Waals surface area contributed by atoms with Crippen LogP contribution in [0.3, 0.4) is 0 Å². The number of piperazine rings is 1. The molecule has 0 amide bonds. The van der Waals surface area contributed by atoms with Crippen molar-refractivity contribution in [1.82, 2.24) is 19.2 Å². The van der Waals surface area contributed by atoms with E-state index in [-0.39, 0.29) is 5.82 Å². The van der Waals surface area contributed by atoms with Gasteiger partial charge < -0.3 is 4.90 Å². The van der Waals surface area contributed by atoms with Crippen molar-refractivity contribution in [3.63, 3.8) is 0 Å². The highest BCUT2D eigenvalue weighted by atomic mass is 32.1. The first-order valence-electron chi connectivity index (χ1n) is 7.70. The number of nitrogens with zero attached hydrogens (tertiary/aromatic N) is 5. The Kier molecular flexibility index (Phi) is 3.75. The Balaban J connectivity index is 1.34. The van der Waals surface area contributed by atoms with E-state index in [0.717, 1.165) is 37.1 Å². The number of hydrogen-bond donors (Lipinski definition) is 0. The summed E-state index contributed by atoms with van der Waals surface area (Å²) in [5.41, 5.74) is 0.530. The van der Waals surface area contributed by atoms with E-state index < -0.39 is 0 Å². The fourth-order valence-corrected chi connectivity index (χ4v) is 3.50. The van der Waals surface area contributed by atoms with Gasteiger partial charge in [-0.2, -0.15) is 4.37 Å². The van der Waals surface area contributed by atoms with Crippen LogP contribution in [-0.2, 0) is 6.54 Å². The molecule has 2 aromatic heterocycles. The van der Waals surface area contributed by atoms with Gasteiger partial charge in [-0.3, -0.25) is 9.88 Å². The molecule has 22 heavy (non-hydrogen) atoms. The van der Waals surface area contributed by atoms with Gasteiger partial charge in [0, 0.05) is 56.4 Å². The molecule has 2 aliphatic rings. The fraction of sp³-hybridized carbons (Fsp3) is 0.533. The van der Waals surface area contributed by atoms with E-state index in [1.54, 1.807) is 12.3 Å². The minimum absolute atomic E-state index is 0.219. The maximum Gasteiger partial charge on any atom is 0.205 e. The lowest BCUT2D eigenvalue weighted by molar-refractivity contribution is 0.243. The minimum atomic E-state index is -0.219. The Hall–Kier alpha value is -1.60. The van der Waals surface area contributed by atoms with Gasteiger partial charge >= 0.3 is 0 Å². The molecular formula is C15H18FN5S. The van der Waals surface area contributed by atoms with E-state index in [0.29, 0.717) is 18.2 Å². The molecule has 116 valence electrons. The van der Waals surface area contributed by atoms with Crippen molar-refractivity contribution >= 4 is 16.7 Å². The normalized spacial score (nSPS) is 19.6. The molecule has 0 spiro atoms. The fourth-order valence-electron chi connectivity index (χ4n) is 2.71. The maximum absolute atomic E-state index is 13.7. The van der Waals surface area contributed by atoms with Crippen LogP contribution in [0.4, 0.5) is 9.52 Å². The summed E-state index contributed by atoms with van der Waals surface area (Å²) in [7, 11) is 0. The lowest BCUT2D eigenvalue weighted by atomic mass is 10.2. The van der Waals surface area contributed by atoms with Gasteiger partial charge in [0.25, 0.3) is 0 Å². The molecule has 1 saturated carbocycles. The van der Waals surface area contributed by atoms with Crippen LogP contribution in [0, 0.1) is 5.82 Å².